The fourth-order valence-electron chi connectivity index (χ4n) is 1.38. The Labute approximate surface area is 74.5 Å². The highest BCUT2D eigenvalue weighted by Crippen LogP contribution is 2.13. The molecule has 0 spiro atoms. The zero-order valence-electron chi connectivity index (χ0n) is 7.06. The van der Waals surface area contributed by atoms with Gasteiger partial charge in [0.05, 0.1) is 5.52 Å². The van der Waals surface area contributed by atoms with Crippen LogP contribution in [0.4, 0.5) is 0 Å². The number of carbonyl (C=O) groups is 1. The van der Waals surface area contributed by atoms with Gasteiger partial charge in [0.2, 0.25) is 0 Å². The minimum Gasteiger partial charge on any atom is -0.476 e. The normalized spacial score (nSPS) is 10.5. The fraction of sp³-hybridized carbons (Fsp3) is 0.111. The molecule has 4 heteroatoms. The molecule has 0 amide bonds. The van der Waals surface area contributed by atoms with Gasteiger partial charge in [-0.1, -0.05) is 6.07 Å². The molecule has 0 atom stereocenters. The molecule has 2 rings (SSSR count). The minimum absolute atomic E-state index is 0.109. The Kier molecular flexibility index (Phi) is 1.55. The average Bonchev–Trinajstić information content (AvgIpc) is 2.49. The van der Waals surface area contributed by atoms with Crippen LogP contribution in [0.2, 0.25) is 0 Å². The van der Waals surface area contributed by atoms with E-state index in [4.69, 9.17) is 5.11 Å². The van der Waals surface area contributed by atoms with Crippen molar-refractivity contribution in [2.24, 2.45) is 0 Å². The maximum Gasteiger partial charge on any atom is 0.356 e. The van der Waals surface area contributed by atoms with Crippen LogP contribution in [0.5, 0.6) is 0 Å². The van der Waals surface area contributed by atoms with Crippen molar-refractivity contribution in [1.82, 2.24) is 9.38 Å². The van der Waals surface area contributed by atoms with E-state index in [0.717, 1.165) is 5.56 Å². The van der Waals surface area contributed by atoms with E-state index < -0.39 is 5.97 Å². The fourth-order valence-corrected chi connectivity index (χ4v) is 1.38. The molecule has 66 valence electrons. The van der Waals surface area contributed by atoms with Gasteiger partial charge in [0.1, 0.15) is 6.33 Å². The molecule has 4 nitrogen and oxygen atoms in total. The summed E-state index contributed by atoms with van der Waals surface area (Å²) in [5, 5.41) is 8.82. The third-order valence-corrected chi connectivity index (χ3v) is 1.96. The summed E-state index contributed by atoms with van der Waals surface area (Å²) in [6.07, 6.45) is 3.29. The number of nitrogens with zero attached hydrogens (tertiary/aromatic N) is 2. The zero-order valence-corrected chi connectivity index (χ0v) is 7.06. The second kappa shape index (κ2) is 2.58. The Morgan fingerprint density at radius 2 is 2.38 bits per heavy atom. The van der Waals surface area contributed by atoms with Crippen LogP contribution >= 0.6 is 0 Å². The first-order valence-corrected chi connectivity index (χ1v) is 3.85. The molecule has 0 unspecified atom stereocenters. The molecule has 13 heavy (non-hydrogen) atoms. The second-order valence-corrected chi connectivity index (χ2v) is 2.85. The van der Waals surface area contributed by atoms with Gasteiger partial charge < -0.3 is 9.51 Å². The van der Waals surface area contributed by atoms with Gasteiger partial charge in [-0.25, -0.2) is 9.78 Å². The number of hydrogen-bond acceptors (Lipinski definition) is 2. The van der Waals surface area contributed by atoms with Gasteiger partial charge in [0, 0.05) is 6.20 Å². The number of aromatic nitrogens is 2. The molecule has 1 N–H and O–H groups in total. The van der Waals surface area contributed by atoms with Gasteiger partial charge in [0.15, 0.2) is 5.69 Å². The van der Waals surface area contributed by atoms with Crippen LogP contribution in [0.25, 0.3) is 5.52 Å². The first kappa shape index (κ1) is 7.79. The number of rotatable bonds is 1. The Morgan fingerprint density at radius 3 is 3.08 bits per heavy atom. The van der Waals surface area contributed by atoms with Crippen LogP contribution in [0.1, 0.15) is 16.1 Å². The van der Waals surface area contributed by atoms with Gasteiger partial charge in [-0.15, -0.1) is 0 Å². The highest BCUT2D eigenvalue weighted by Gasteiger charge is 2.12. The lowest BCUT2D eigenvalue weighted by molar-refractivity contribution is 0.0693. The monoisotopic (exact) mass is 176 g/mol. The molecule has 0 saturated carbocycles. The molecule has 0 fully saturated rings. The van der Waals surface area contributed by atoms with Crippen LogP contribution in [0.15, 0.2) is 24.7 Å². The summed E-state index contributed by atoms with van der Waals surface area (Å²) in [7, 11) is 0. The van der Waals surface area contributed by atoms with E-state index in [1.807, 2.05) is 19.1 Å². The van der Waals surface area contributed by atoms with Crippen molar-refractivity contribution in [3.8, 4) is 0 Å². The van der Waals surface area contributed by atoms with E-state index in [9.17, 15) is 4.79 Å². The maximum absolute atomic E-state index is 10.8. The zero-order chi connectivity index (χ0) is 9.42. The van der Waals surface area contributed by atoms with Gasteiger partial charge in [-0.05, 0) is 18.6 Å². The van der Waals surface area contributed by atoms with Crippen LogP contribution in [0.3, 0.4) is 0 Å². The number of pyridine rings is 1. The number of imidazole rings is 1. The Hall–Kier alpha value is -1.84. The lowest BCUT2D eigenvalue weighted by atomic mass is 10.2. The first-order valence-electron chi connectivity index (χ1n) is 3.85. The summed E-state index contributed by atoms with van der Waals surface area (Å²) >= 11 is 0. The van der Waals surface area contributed by atoms with Gasteiger partial charge >= 0.3 is 5.97 Å². The van der Waals surface area contributed by atoms with Crippen LogP contribution in [-0.2, 0) is 0 Å². The summed E-state index contributed by atoms with van der Waals surface area (Å²) in [5.74, 6) is -0.989. The van der Waals surface area contributed by atoms with E-state index in [1.54, 1.807) is 10.6 Å². The van der Waals surface area contributed by atoms with Gasteiger partial charge in [0.25, 0.3) is 0 Å². The average molecular weight is 176 g/mol. The lowest BCUT2D eigenvalue weighted by Gasteiger charge is -1.97. The summed E-state index contributed by atoms with van der Waals surface area (Å²) in [4.78, 5) is 14.6. The first-order chi connectivity index (χ1) is 6.20. The molecule has 0 aliphatic rings. The molecule has 0 aliphatic heterocycles. The van der Waals surface area contributed by atoms with Crippen molar-refractivity contribution in [2.75, 3.05) is 0 Å². The standard InChI is InChI=1S/C9H8N2O2/c1-6-3-2-4-11-5-10-7(8(6)11)9(12)13/h2-5H,1H3,(H,12,13). The smallest absolute Gasteiger partial charge is 0.356 e. The number of aryl methyl sites for hydroxylation is 1. The SMILES string of the molecule is Cc1cccn2cnc(C(=O)O)c12. The van der Waals surface area contributed by atoms with E-state index in [1.165, 1.54) is 6.33 Å². The van der Waals surface area contributed by atoms with E-state index in [-0.39, 0.29) is 5.69 Å². The lowest BCUT2D eigenvalue weighted by Crippen LogP contribution is -1.98. The minimum atomic E-state index is -0.989. The second-order valence-electron chi connectivity index (χ2n) is 2.85. The van der Waals surface area contributed by atoms with Crippen molar-refractivity contribution in [3.05, 3.63) is 35.9 Å². The summed E-state index contributed by atoms with van der Waals surface area (Å²) in [5.41, 5.74) is 1.69. The Morgan fingerprint density at radius 1 is 1.62 bits per heavy atom. The van der Waals surface area contributed by atoms with Crippen molar-refractivity contribution < 1.29 is 9.90 Å². The van der Waals surface area contributed by atoms with Crippen LogP contribution < -0.4 is 0 Å². The Balaban J connectivity index is 2.86. The molecule has 2 aromatic rings. The summed E-state index contributed by atoms with van der Waals surface area (Å²) in [6.45, 7) is 1.86. The summed E-state index contributed by atoms with van der Waals surface area (Å²) in [6, 6.07) is 3.72. The van der Waals surface area contributed by atoms with Crippen LogP contribution in [0, 0.1) is 6.92 Å². The molecule has 0 radical (unpaired) electrons. The molecule has 2 heterocycles. The Bertz CT molecular complexity index is 473. The van der Waals surface area contributed by atoms with Gasteiger partial charge in [-0.2, -0.15) is 0 Å². The molecular formula is C9H8N2O2. The van der Waals surface area contributed by atoms with E-state index in [2.05, 4.69) is 4.98 Å². The molecule has 0 bridgehead atoms. The molecule has 0 saturated heterocycles. The molecule has 2 aromatic heterocycles. The summed E-state index contributed by atoms with van der Waals surface area (Å²) < 4.78 is 1.71. The van der Waals surface area contributed by atoms with E-state index >= 15 is 0 Å². The quantitative estimate of drug-likeness (QED) is 0.713. The maximum atomic E-state index is 10.8. The third kappa shape index (κ3) is 1.07. The van der Waals surface area contributed by atoms with Gasteiger partial charge in [-0.3, -0.25) is 0 Å². The highest BCUT2D eigenvalue weighted by atomic mass is 16.4. The van der Waals surface area contributed by atoms with Crippen molar-refractivity contribution in [1.29, 1.82) is 0 Å². The largest absolute Gasteiger partial charge is 0.476 e. The van der Waals surface area contributed by atoms with Crippen LogP contribution in [-0.4, -0.2) is 20.5 Å². The molecule has 0 aromatic carbocycles. The number of aromatic carboxylic acids is 1. The van der Waals surface area contributed by atoms with E-state index in [0.29, 0.717) is 5.52 Å². The predicted octanol–water partition coefficient (Wildman–Crippen LogP) is 1.34. The van der Waals surface area contributed by atoms with Crippen molar-refractivity contribution >= 4 is 11.5 Å². The third-order valence-electron chi connectivity index (χ3n) is 1.96. The number of fused-ring (bicyclic) bond motifs is 1. The topological polar surface area (TPSA) is 54.6 Å². The number of hydrogen-bond donors (Lipinski definition) is 1. The van der Waals surface area contributed by atoms with Crippen molar-refractivity contribution in [2.45, 2.75) is 6.92 Å². The molecule has 0 aliphatic carbocycles. The van der Waals surface area contributed by atoms with Crippen molar-refractivity contribution in [3.63, 3.8) is 0 Å². The molecular weight excluding hydrogens is 168 g/mol. The number of carboxylic acid groups (broad SMARTS) is 1. The highest BCUT2D eigenvalue weighted by molar-refractivity contribution is 5.94. The number of carboxylic acids is 1. The predicted molar refractivity (Wildman–Crippen MR) is 46.9 cm³/mol.